The number of carboxylic acid groups (broad SMARTS) is 1. The lowest BCUT2D eigenvalue weighted by Gasteiger charge is -2.24. The third-order valence-electron chi connectivity index (χ3n) is 5.27. The zero-order valence-electron chi connectivity index (χ0n) is 15.8. The van der Waals surface area contributed by atoms with Crippen molar-refractivity contribution in [3.63, 3.8) is 0 Å². The van der Waals surface area contributed by atoms with E-state index in [1.807, 2.05) is 4.90 Å². The van der Waals surface area contributed by atoms with E-state index < -0.39 is 12.1 Å². The minimum Gasteiger partial charge on any atom is -0.475 e. The van der Waals surface area contributed by atoms with Crippen LogP contribution in [0, 0.1) is 11.8 Å². The van der Waals surface area contributed by atoms with Gasteiger partial charge >= 0.3 is 12.1 Å². The molecule has 3 heterocycles. The first-order chi connectivity index (χ1) is 13.1. The molecule has 2 amide bonds. The Kier molecular flexibility index (Phi) is 7.64. The van der Waals surface area contributed by atoms with Gasteiger partial charge in [0.2, 0.25) is 11.8 Å². The smallest absolute Gasteiger partial charge is 0.475 e. The molecule has 3 saturated heterocycles. The first-order valence-electron chi connectivity index (χ1n) is 9.21. The van der Waals surface area contributed by atoms with Crippen LogP contribution in [-0.4, -0.2) is 103 Å². The first kappa shape index (κ1) is 22.4. The summed E-state index contributed by atoms with van der Waals surface area (Å²) >= 11 is 0. The Bertz CT molecular complexity index is 581. The predicted octanol–water partition coefficient (Wildman–Crippen LogP) is 0.279. The molecule has 0 spiro atoms. The van der Waals surface area contributed by atoms with E-state index in [0.29, 0.717) is 19.0 Å². The van der Waals surface area contributed by atoms with Crippen LogP contribution in [0.25, 0.3) is 0 Å². The Hall–Kier alpha value is -1.88. The number of halogens is 3. The average molecular weight is 409 g/mol. The number of methoxy groups -OCH3 is 1. The van der Waals surface area contributed by atoms with Gasteiger partial charge < -0.3 is 24.5 Å². The number of nitrogens with zero attached hydrogens (tertiary/aromatic N) is 3. The fourth-order valence-corrected chi connectivity index (χ4v) is 3.83. The second kappa shape index (κ2) is 9.55. The minimum absolute atomic E-state index is 0.00307. The van der Waals surface area contributed by atoms with E-state index in [2.05, 4.69) is 4.90 Å². The molecule has 1 N–H and O–H groups in total. The van der Waals surface area contributed by atoms with Gasteiger partial charge in [0.25, 0.3) is 0 Å². The van der Waals surface area contributed by atoms with Gasteiger partial charge in [-0.15, -0.1) is 0 Å². The van der Waals surface area contributed by atoms with Crippen LogP contribution < -0.4 is 0 Å². The maximum atomic E-state index is 12.5. The largest absolute Gasteiger partial charge is 0.490 e. The average Bonchev–Trinajstić information content (AvgIpc) is 3.32. The van der Waals surface area contributed by atoms with Gasteiger partial charge in [0.05, 0.1) is 5.92 Å². The molecule has 0 aromatic carbocycles. The number of carbonyl (C=O) groups excluding carboxylic acids is 2. The summed E-state index contributed by atoms with van der Waals surface area (Å²) in [5.74, 6) is -2.18. The van der Waals surface area contributed by atoms with Crippen molar-refractivity contribution in [2.75, 3.05) is 59.5 Å². The molecule has 0 aliphatic carbocycles. The van der Waals surface area contributed by atoms with Crippen LogP contribution in [0.2, 0.25) is 0 Å². The molecule has 0 saturated carbocycles. The third-order valence-corrected chi connectivity index (χ3v) is 5.27. The summed E-state index contributed by atoms with van der Waals surface area (Å²) in [7, 11) is 1.53. The van der Waals surface area contributed by atoms with Crippen LogP contribution in [-0.2, 0) is 19.1 Å². The van der Waals surface area contributed by atoms with Crippen molar-refractivity contribution in [3.05, 3.63) is 0 Å². The predicted molar refractivity (Wildman–Crippen MR) is 91.4 cm³/mol. The van der Waals surface area contributed by atoms with Crippen molar-refractivity contribution in [3.8, 4) is 0 Å². The lowest BCUT2D eigenvalue weighted by Crippen LogP contribution is -2.39. The SMILES string of the molecule is COCC(=O)N1C[C@H]2CN(CCN3CCCC3)C(=O)[C@H]2C1.O=C(O)C(F)(F)F. The van der Waals surface area contributed by atoms with Crippen LogP contribution in [0.3, 0.4) is 0 Å². The van der Waals surface area contributed by atoms with Crippen molar-refractivity contribution in [2.24, 2.45) is 11.8 Å². The van der Waals surface area contributed by atoms with E-state index in [9.17, 15) is 22.8 Å². The summed E-state index contributed by atoms with van der Waals surface area (Å²) in [5.41, 5.74) is 0. The zero-order valence-corrected chi connectivity index (χ0v) is 15.8. The highest BCUT2D eigenvalue weighted by Crippen LogP contribution is 2.32. The normalized spacial score (nSPS) is 24.9. The van der Waals surface area contributed by atoms with E-state index in [4.69, 9.17) is 14.6 Å². The molecule has 3 aliphatic rings. The van der Waals surface area contributed by atoms with Gasteiger partial charge in [-0.05, 0) is 25.9 Å². The number of likely N-dealkylation sites (tertiary alicyclic amines) is 3. The topological polar surface area (TPSA) is 90.4 Å². The Morgan fingerprint density at radius 3 is 2.25 bits per heavy atom. The molecule has 160 valence electrons. The first-order valence-corrected chi connectivity index (χ1v) is 9.21. The highest BCUT2D eigenvalue weighted by atomic mass is 19.4. The van der Waals surface area contributed by atoms with Crippen LogP contribution in [0.1, 0.15) is 12.8 Å². The number of hydrogen-bond acceptors (Lipinski definition) is 5. The standard InChI is InChI=1S/C15H25N3O3.C2HF3O2/c1-21-11-14(19)18-9-12-8-17(15(20)13(12)10-18)7-6-16-4-2-3-5-16;3-2(4,5)1(6)7/h12-13H,2-11H2,1H3;(H,6,7)/t12-,13+;/m1./s1. The molecule has 8 nitrogen and oxygen atoms in total. The number of aliphatic carboxylic acids is 1. The number of hydrogen-bond donors (Lipinski definition) is 1. The number of amides is 2. The van der Waals surface area contributed by atoms with Crippen molar-refractivity contribution in [2.45, 2.75) is 19.0 Å². The van der Waals surface area contributed by atoms with Gasteiger partial charge in [0.1, 0.15) is 6.61 Å². The summed E-state index contributed by atoms with van der Waals surface area (Å²) in [6, 6.07) is 0. The molecule has 11 heteroatoms. The third kappa shape index (κ3) is 5.81. The van der Waals surface area contributed by atoms with Crippen LogP contribution in [0.5, 0.6) is 0 Å². The molecule has 0 bridgehead atoms. The van der Waals surface area contributed by atoms with Crippen LogP contribution >= 0.6 is 0 Å². The quantitative estimate of drug-likeness (QED) is 0.702. The monoisotopic (exact) mass is 409 g/mol. The van der Waals surface area contributed by atoms with E-state index >= 15 is 0 Å². The maximum absolute atomic E-state index is 12.5. The minimum atomic E-state index is -5.08. The second-order valence-corrected chi connectivity index (χ2v) is 7.23. The number of fused-ring (bicyclic) bond motifs is 1. The van der Waals surface area contributed by atoms with E-state index in [1.54, 1.807) is 4.90 Å². The van der Waals surface area contributed by atoms with Gasteiger partial charge in [0, 0.05) is 45.8 Å². The number of carbonyl (C=O) groups is 3. The number of rotatable bonds is 5. The summed E-state index contributed by atoms with van der Waals surface area (Å²) in [6.45, 7) is 6.41. The number of ether oxygens (including phenoxy) is 1. The van der Waals surface area contributed by atoms with Gasteiger partial charge in [-0.3, -0.25) is 9.59 Å². The van der Waals surface area contributed by atoms with Crippen molar-refractivity contribution >= 4 is 17.8 Å². The lowest BCUT2D eigenvalue weighted by molar-refractivity contribution is -0.192. The molecular formula is C17H26F3N3O5. The number of alkyl halides is 3. The van der Waals surface area contributed by atoms with E-state index in [-0.39, 0.29) is 24.3 Å². The zero-order chi connectivity index (χ0) is 20.9. The van der Waals surface area contributed by atoms with E-state index in [0.717, 1.165) is 19.6 Å². The summed E-state index contributed by atoms with van der Waals surface area (Å²) in [5, 5.41) is 7.12. The van der Waals surface area contributed by atoms with Gasteiger partial charge in [-0.25, -0.2) is 4.79 Å². The molecule has 0 aromatic heterocycles. The van der Waals surface area contributed by atoms with Crippen molar-refractivity contribution in [1.29, 1.82) is 0 Å². The Labute approximate surface area is 161 Å². The highest BCUT2D eigenvalue weighted by molar-refractivity contribution is 5.84. The fraction of sp³-hybridized carbons (Fsp3) is 0.824. The van der Waals surface area contributed by atoms with Gasteiger partial charge in [-0.1, -0.05) is 0 Å². The van der Waals surface area contributed by atoms with E-state index in [1.165, 1.54) is 33.0 Å². The molecule has 2 atom stereocenters. The molecule has 28 heavy (non-hydrogen) atoms. The summed E-state index contributed by atoms with van der Waals surface area (Å²) < 4.78 is 36.6. The summed E-state index contributed by atoms with van der Waals surface area (Å²) in [6.07, 6.45) is -2.51. The van der Waals surface area contributed by atoms with Gasteiger partial charge in [-0.2, -0.15) is 13.2 Å². The lowest BCUT2D eigenvalue weighted by atomic mass is 10.0. The molecule has 0 radical (unpaired) electrons. The molecular weight excluding hydrogens is 383 g/mol. The fourth-order valence-electron chi connectivity index (χ4n) is 3.83. The molecule has 3 aliphatic heterocycles. The Balaban J connectivity index is 0.000000345. The Morgan fingerprint density at radius 2 is 1.75 bits per heavy atom. The second-order valence-electron chi connectivity index (χ2n) is 7.23. The maximum Gasteiger partial charge on any atom is 0.490 e. The van der Waals surface area contributed by atoms with Crippen molar-refractivity contribution < 1.29 is 37.4 Å². The molecule has 3 fully saturated rings. The molecule has 3 rings (SSSR count). The van der Waals surface area contributed by atoms with Crippen molar-refractivity contribution in [1.82, 2.24) is 14.7 Å². The Morgan fingerprint density at radius 1 is 1.14 bits per heavy atom. The van der Waals surface area contributed by atoms with Crippen LogP contribution in [0.4, 0.5) is 13.2 Å². The molecule has 0 unspecified atom stereocenters. The van der Waals surface area contributed by atoms with Gasteiger partial charge in [0.15, 0.2) is 0 Å². The number of carboxylic acids is 1. The van der Waals surface area contributed by atoms with Crippen LogP contribution in [0.15, 0.2) is 0 Å². The highest BCUT2D eigenvalue weighted by Gasteiger charge is 2.47. The summed E-state index contributed by atoms with van der Waals surface area (Å²) in [4.78, 5) is 39.4. The molecule has 0 aromatic rings.